The number of aromatic nitrogens is 1. The Morgan fingerprint density at radius 3 is 1.33 bits per heavy atom. The molecule has 16 atom stereocenters. The maximum Gasteiger partial charge on any atom is 0.303 e. The first-order valence-corrected chi connectivity index (χ1v) is 45.1. The number of carboxylic acids is 1. The average Bonchev–Trinajstić information content (AvgIpc) is 1.79. The lowest BCUT2D eigenvalue weighted by Crippen LogP contribution is -2.61. The molecule has 16 unspecified atom stereocenters. The van der Waals surface area contributed by atoms with Crippen molar-refractivity contribution >= 4 is 135 Å². The summed E-state index contributed by atoms with van der Waals surface area (Å²) in [5, 5.41) is 89.0. The van der Waals surface area contributed by atoms with Crippen molar-refractivity contribution in [2.45, 2.75) is 241 Å². The third-order valence-corrected chi connectivity index (χ3v) is 22.4. The number of amides is 19. The molecule has 48 heteroatoms. The lowest BCUT2D eigenvalue weighted by atomic mass is 10.0. The second kappa shape index (κ2) is 55.5. The fourth-order valence-corrected chi connectivity index (χ4v) is 15.1. The summed E-state index contributed by atoms with van der Waals surface area (Å²) in [4.78, 5) is 279. The average molecular weight is 1920 g/mol. The number of nitrogens with zero attached hydrogens (tertiary/aromatic N) is 2. The number of hydrogen-bond acceptors (Lipinski definition) is 25. The molecule has 0 saturated carbocycles. The third kappa shape index (κ3) is 36.5. The van der Waals surface area contributed by atoms with Gasteiger partial charge in [-0.05, 0) is 120 Å². The molecule has 30 N–H and O–H groups in total. The molecule has 2 aliphatic heterocycles. The number of fused-ring (bicyclic) bond motifs is 1. The summed E-state index contributed by atoms with van der Waals surface area (Å²) >= 11 is 0. The number of primary amides is 2. The van der Waals surface area contributed by atoms with Crippen molar-refractivity contribution in [2.24, 2.45) is 34.8 Å². The first kappa shape index (κ1) is 111. The standard InChI is InChI=1S/C89H130N24O24/c1-46(2)35-60(102-71(119)42-98-76(125)57(29-31-72(120)121)101-70(118)41-97-74(123)48(5)90)80(129)109-65(44-115)84(133)111-66(45-116)88(137)113-34-18-27-68(113)86(135)108-62(38-52-21-12-9-13-22-52)81(130)107-63(39-53-40-96-55-24-15-14-23-54(53)55)82(131)110-64(43-114)83(132)106-61(36-47(3)4)79(128)99-49(6)75(124)100-50(7)87(136)112-33-17-26-67(112)85(134)104-58(28-30-69(91)117)78(127)103-56(25-16-32-95-89(93)94)77(126)105-59(73(92)122)37-51-19-10-8-11-20-51/h8-15,19-24,40,46-50,56-68,96,114-116H,16-18,25-39,41-45,90H2,1-7H3,(H2,91,117)(H2,92,122)(H,97,123)(H,98,125)(H,99,128)(H,100,124)(H,101,118)(H,102,119)(H,103,127)(H,104,134)(H,105,126)(H,106,132)(H,107,130)(H,108,135)(H,109,129)(H,110,131)(H,111,133)(H,120,121)(H4,93,94,95). The number of nitrogens with two attached hydrogens (primary N) is 4. The summed E-state index contributed by atoms with van der Waals surface area (Å²) in [5.41, 5.74) is 24.3. The van der Waals surface area contributed by atoms with Crippen LogP contribution in [0.25, 0.3) is 10.9 Å². The molecule has 48 nitrogen and oxygen atoms in total. The molecule has 1 aromatic heterocycles. The highest BCUT2D eigenvalue weighted by atomic mass is 16.4. The molecule has 137 heavy (non-hydrogen) atoms. The number of hydrogen-bond donors (Lipinski definition) is 26. The van der Waals surface area contributed by atoms with Crippen LogP contribution >= 0.6 is 0 Å². The summed E-state index contributed by atoms with van der Waals surface area (Å²) in [5.74, 6) is -20.3. The van der Waals surface area contributed by atoms with E-state index in [1.807, 2.05) is 0 Å². The first-order chi connectivity index (χ1) is 64.9. The van der Waals surface area contributed by atoms with E-state index in [0.717, 1.165) is 4.90 Å². The van der Waals surface area contributed by atoms with Crippen LogP contribution in [0, 0.1) is 17.2 Å². The Hall–Kier alpha value is -14.3. The second-order valence-corrected chi connectivity index (χ2v) is 34.4. The highest BCUT2D eigenvalue weighted by Gasteiger charge is 2.44. The Kier molecular flexibility index (Phi) is 45.2. The molecule has 19 amide bonds. The number of carboxylic acid groups (broad SMARTS) is 1. The minimum atomic E-state index is -1.85. The Bertz CT molecular complexity index is 4910. The maximum absolute atomic E-state index is 15.1. The Balaban J connectivity index is 1.11. The molecule has 4 aromatic rings. The van der Waals surface area contributed by atoms with Gasteiger partial charge >= 0.3 is 5.97 Å². The molecule has 3 aromatic carbocycles. The zero-order chi connectivity index (χ0) is 101. The minimum absolute atomic E-state index is 0.00511. The van der Waals surface area contributed by atoms with E-state index in [9.17, 15) is 112 Å². The van der Waals surface area contributed by atoms with E-state index in [4.69, 9.17) is 28.3 Å². The van der Waals surface area contributed by atoms with E-state index in [1.54, 1.807) is 119 Å². The summed E-state index contributed by atoms with van der Waals surface area (Å²) in [6, 6.07) is 0.0718. The lowest BCUT2D eigenvalue weighted by molar-refractivity contribution is -0.143. The van der Waals surface area contributed by atoms with Crippen LogP contribution in [0.3, 0.4) is 0 Å². The van der Waals surface area contributed by atoms with Crippen molar-refractivity contribution in [3.8, 4) is 0 Å². The number of likely N-dealkylation sites (tertiary alicyclic amines) is 2. The number of aliphatic hydroxyl groups excluding tert-OH is 3. The number of benzene rings is 3. The molecule has 750 valence electrons. The van der Waals surface area contributed by atoms with Crippen molar-refractivity contribution in [1.82, 2.24) is 99.9 Å². The molecule has 2 aliphatic rings. The number of nitrogens with one attached hydrogen (secondary N) is 18. The highest BCUT2D eigenvalue weighted by Crippen LogP contribution is 2.24. The van der Waals surface area contributed by atoms with Crippen molar-refractivity contribution < 1.29 is 116 Å². The largest absolute Gasteiger partial charge is 0.481 e. The normalized spacial score (nSPS) is 16.4. The van der Waals surface area contributed by atoms with E-state index >= 15 is 4.79 Å². The molecule has 2 saturated heterocycles. The Morgan fingerprint density at radius 1 is 0.416 bits per heavy atom. The van der Waals surface area contributed by atoms with Crippen molar-refractivity contribution in [3.05, 3.63) is 108 Å². The van der Waals surface area contributed by atoms with Crippen LogP contribution in [0.5, 0.6) is 0 Å². The van der Waals surface area contributed by atoms with Crippen molar-refractivity contribution in [2.75, 3.05) is 52.5 Å². The van der Waals surface area contributed by atoms with Crippen LogP contribution in [-0.2, 0) is 115 Å². The number of aliphatic carboxylic acids is 1. The van der Waals surface area contributed by atoms with Crippen LogP contribution in [0.1, 0.15) is 142 Å². The SMILES string of the molecule is CC(C)CC(NC(=O)CNC(=O)C(CCC(=O)O)NC(=O)CNC(=O)C(C)N)C(=O)NC(CO)C(=O)NC(CO)C(=O)N1CCCC1C(=O)NC(Cc1ccccc1)C(=O)NC(Cc1c[nH]c2ccccc12)C(=O)NC(CO)C(=O)NC(CC(C)C)C(=O)NC(C)C(=O)NC(C)C(=O)N1CCCC1C(=O)NC(CCC(N)=O)C(=O)NC(CCCNC(=N)N)C(=O)NC(Cc1ccccc1)C(N)=O. The van der Waals surface area contributed by atoms with E-state index in [-0.39, 0.29) is 114 Å². The first-order valence-electron chi connectivity index (χ1n) is 45.1. The summed E-state index contributed by atoms with van der Waals surface area (Å²) < 4.78 is 0. The van der Waals surface area contributed by atoms with Crippen LogP contribution in [-0.4, -0.2) is 309 Å². The zero-order valence-electron chi connectivity index (χ0n) is 77.5. The smallest absolute Gasteiger partial charge is 0.303 e. The number of guanidine groups is 1. The molecule has 6 rings (SSSR count). The van der Waals surface area contributed by atoms with E-state index in [0.29, 0.717) is 27.6 Å². The van der Waals surface area contributed by atoms with Crippen LogP contribution in [0.2, 0.25) is 0 Å². The predicted octanol–water partition coefficient (Wildman–Crippen LogP) is -7.95. The van der Waals surface area contributed by atoms with Gasteiger partial charge in [-0.3, -0.25) is 101 Å². The van der Waals surface area contributed by atoms with Crippen molar-refractivity contribution in [3.63, 3.8) is 0 Å². The molecule has 3 heterocycles. The van der Waals surface area contributed by atoms with Gasteiger partial charge in [-0.25, -0.2) is 0 Å². The fourth-order valence-electron chi connectivity index (χ4n) is 15.1. The number of aliphatic hydroxyl groups is 3. The molecule has 0 spiro atoms. The van der Waals surface area contributed by atoms with Gasteiger partial charge in [-0.15, -0.1) is 0 Å². The molecule has 0 aliphatic carbocycles. The molecular formula is C89H130N24O24. The van der Waals surface area contributed by atoms with Gasteiger partial charge in [0, 0.05) is 68.8 Å². The zero-order valence-corrected chi connectivity index (χ0v) is 77.5. The monoisotopic (exact) mass is 1920 g/mol. The van der Waals surface area contributed by atoms with Gasteiger partial charge in [0.15, 0.2) is 5.96 Å². The van der Waals surface area contributed by atoms with Gasteiger partial charge in [0.05, 0.1) is 39.0 Å². The quantitative estimate of drug-likeness (QED) is 0.0111. The van der Waals surface area contributed by atoms with E-state index in [2.05, 4.69) is 90.1 Å². The number of carbonyl (C=O) groups excluding carboxylic acids is 19. The second-order valence-electron chi connectivity index (χ2n) is 34.4. The minimum Gasteiger partial charge on any atom is -0.481 e. The van der Waals surface area contributed by atoms with Gasteiger partial charge in [-0.1, -0.05) is 107 Å². The lowest BCUT2D eigenvalue weighted by Gasteiger charge is -2.30. The van der Waals surface area contributed by atoms with Crippen LogP contribution in [0.15, 0.2) is 91.1 Å². The number of H-pyrrole nitrogens is 1. The summed E-state index contributed by atoms with van der Waals surface area (Å²) in [6.07, 6.45) is -0.471. The third-order valence-electron chi connectivity index (χ3n) is 22.4. The Labute approximate surface area is 789 Å². The molecule has 0 radical (unpaired) electrons. The summed E-state index contributed by atoms with van der Waals surface area (Å²) in [6.45, 7) is 5.90. The Morgan fingerprint density at radius 2 is 0.818 bits per heavy atom. The van der Waals surface area contributed by atoms with Gasteiger partial charge in [0.25, 0.3) is 0 Å². The topological polar surface area (TPSA) is 765 Å². The van der Waals surface area contributed by atoms with Gasteiger partial charge in [0.2, 0.25) is 112 Å². The van der Waals surface area contributed by atoms with E-state index in [1.165, 1.54) is 25.7 Å². The number of rotatable bonds is 56. The number of para-hydroxylation sites is 1. The van der Waals surface area contributed by atoms with Gasteiger partial charge < -0.3 is 143 Å². The molecule has 2 fully saturated rings. The van der Waals surface area contributed by atoms with Crippen LogP contribution < -0.4 is 108 Å². The number of aromatic amines is 1. The molecule has 0 bridgehead atoms. The highest BCUT2D eigenvalue weighted by molar-refractivity contribution is 6.02. The van der Waals surface area contributed by atoms with Gasteiger partial charge in [0.1, 0.15) is 90.6 Å². The molecular weight excluding hydrogens is 1790 g/mol. The van der Waals surface area contributed by atoms with Crippen LogP contribution in [0.4, 0.5) is 0 Å². The maximum atomic E-state index is 15.1. The summed E-state index contributed by atoms with van der Waals surface area (Å²) in [7, 11) is 0. The predicted molar refractivity (Wildman–Crippen MR) is 492 cm³/mol. The fraction of sp³-hybridized carbons (Fsp3) is 0.539. The van der Waals surface area contributed by atoms with Gasteiger partial charge in [-0.2, -0.15) is 0 Å². The van der Waals surface area contributed by atoms with Crippen molar-refractivity contribution in [1.29, 1.82) is 5.41 Å². The number of carbonyl (C=O) groups is 20. The van der Waals surface area contributed by atoms with E-state index < -0.39 is 267 Å².